The van der Waals surface area contributed by atoms with Crippen LogP contribution < -0.4 is 5.32 Å². The van der Waals surface area contributed by atoms with Gasteiger partial charge in [-0.05, 0) is 36.0 Å². The maximum absolute atomic E-state index is 12.4. The van der Waals surface area contributed by atoms with Gasteiger partial charge in [0.25, 0.3) is 5.89 Å². The Bertz CT molecular complexity index is 1200. The minimum Gasteiger partial charge on any atom is -0.381 e. The van der Waals surface area contributed by atoms with Gasteiger partial charge in [0.2, 0.25) is 5.82 Å². The Morgan fingerprint density at radius 1 is 1.08 bits per heavy atom. The minimum absolute atomic E-state index is 0. The van der Waals surface area contributed by atoms with Crippen LogP contribution in [0.2, 0.25) is 0 Å². The Kier molecular flexibility index (Phi) is 6.68. The summed E-state index contributed by atoms with van der Waals surface area (Å²) in [6, 6.07) is 10.4. The lowest BCUT2D eigenvalue weighted by Gasteiger charge is -2.52. The molecule has 3 aromatic rings. The highest BCUT2D eigenvalue weighted by Gasteiger charge is 2.53. The van der Waals surface area contributed by atoms with Crippen LogP contribution in [-0.2, 0) is 20.7 Å². The molecule has 2 aliphatic heterocycles. The van der Waals surface area contributed by atoms with Crippen LogP contribution in [0.25, 0.3) is 11.5 Å². The number of aromatic nitrogens is 3. The SMILES string of the molecule is COC1(c2noc(-c3cncc([C@@](O)(c4ccc(C5CC5)cc4)C4(C)CNC4)c3)n2)CCOCC1.Cl. The van der Waals surface area contributed by atoms with Crippen molar-refractivity contribution in [1.82, 2.24) is 20.4 Å². The largest absolute Gasteiger partial charge is 0.381 e. The van der Waals surface area contributed by atoms with Crippen LogP contribution in [0.3, 0.4) is 0 Å². The van der Waals surface area contributed by atoms with E-state index in [1.54, 1.807) is 19.5 Å². The van der Waals surface area contributed by atoms with E-state index in [0.29, 0.717) is 67.9 Å². The van der Waals surface area contributed by atoms with Gasteiger partial charge in [-0.25, -0.2) is 0 Å². The number of aliphatic hydroxyl groups is 1. The highest BCUT2D eigenvalue weighted by molar-refractivity contribution is 5.85. The van der Waals surface area contributed by atoms with Gasteiger partial charge in [-0.3, -0.25) is 4.98 Å². The highest BCUT2D eigenvalue weighted by atomic mass is 35.5. The predicted octanol–water partition coefficient (Wildman–Crippen LogP) is 3.93. The normalized spacial score (nSPS) is 22.2. The fraction of sp³-hybridized carbons (Fsp3) is 0.519. The van der Waals surface area contributed by atoms with E-state index in [1.807, 2.05) is 6.07 Å². The van der Waals surface area contributed by atoms with Gasteiger partial charge in [0.05, 0.1) is 5.56 Å². The first-order valence-electron chi connectivity index (χ1n) is 12.4. The molecule has 1 atom stereocenters. The topological polar surface area (TPSA) is 103 Å². The van der Waals surface area contributed by atoms with E-state index in [0.717, 1.165) is 5.56 Å². The number of nitrogens with zero attached hydrogens (tertiary/aromatic N) is 3. The summed E-state index contributed by atoms with van der Waals surface area (Å²) in [4.78, 5) is 9.17. The van der Waals surface area contributed by atoms with Gasteiger partial charge in [-0.15, -0.1) is 12.4 Å². The summed E-state index contributed by atoms with van der Waals surface area (Å²) in [5.74, 6) is 1.55. The maximum atomic E-state index is 12.4. The van der Waals surface area contributed by atoms with Gasteiger partial charge in [-0.1, -0.05) is 36.3 Å². The van der Waals surface area contributed by atoms with Crippen molar-refractivity contribution in [3.05, 3.63) is 65.2 Å². The molecule has 8 nitrogen and oxygen atoms in total. The van der Waals surface area contributed by atoms with E-state index >= 15 is 0 Å². The van der Waals surface area contributed by atoms with Gasteiger partial charge in [0, 0.05) is 69.6 Å². The molecule has 3 fully saturated rings. The third-order valence-electron chi connectivity index (χ3n) is 8.21. The second-order valence-electron chi connectivity index (χ2n) is 10.5. The van der Waals surface area contributed by atoms with Crippen molar-refractivity contribution >= 4 is 12.4 Å². The number of ether oxygens (including phenoxy) is 2. The van der Waals surface area contributed by atoms with Crippen molar-refractivity contribution in [3.63, 3.8) is 0 Å². The molecule has 2 saturated heterocycles. The summed E-state index contributed by atoms with van der Waals surface area (Å²) in [7, 11) is 1.67. The molecule has 0 spiro atoms. The van der Waals surface area contributed by atoms with E-state index < -0.39 is 11.2 Å². The van der Waals surface area contributed by atoms with Crippen LogP contribution in [0.4, 0.5) is 0 Å². The first kappa shape index (κ1) is 25.3. The minimum atomic E-state index is -1.22. The van der Waals surface area contributed by atoms with Gasteiger partial charge >= 0.3 is 0 Å². The monoisotopic (exact) mass is 512 g/mol. The molecule has 9 heteroatoms. The zero-order valence-electron chi connectivity index (χ0n) is 20.7. The molecule has 0 radical (unpaired) electrons. The lowest BCUT2D eigenvalue weighted by Crippen LogP contribution is -2.63. The first-order valence-corrected chi connectivity index (χ1v) is 12.4. The molecule has 6 rings (SSSR count). The number of rotatable bonds is 7. The number of hydrogen-bond acceptors (Lipinski definition) is 8. The smallest absolute Gasteiger partial charge is 0.259 e. The van der Waals surface area contributed by atoms with Gasteiger partial charge in [0.1, 0.15) is 11.2 Å². The summed E-state index contributed by atoms with van der Waals surface area (Å²) < 4.78 is 17.0. The molecule has 36 heavy (non-hydrogen) atoms. The van der Waals surface area contributed by atoms with Crippen LogP contribution in [0.1, 0.15) is 61.0 Å². The second-order valence-corrected chi connectivity index (χ2v) is 10.5. The average Bonchev–Trinajstić information content (AvgIpc) is 3.62. The van der Waals surface area contributed by atoms with E-state index in [4.69, 9.17) is 14.0 Å². The summed E-state index contributed by atoms with van der Waals surface area (Å²) >= 11 is 0. The summed E-state index contributed by atoms with van der Waals surface area (Å²) in [6.45, 7) is 4.72. The fourth-order valence-corrected chi connectivity index (χ4v) is 5.53. The van der Waals surface area contributed by atoms with Crippen LogP contribution >= 0.6 is 12.4 Å². The van der Waals surface area contributed by atoms with Crippen molar-refractivity contribution in [3.8, 4) is 11.5 Å². The van der Waals surface area contributed by atoms with Crippen molar-refractivity contribution in [2.24, 2.45) is 5.41 Å². The first-order chi connectivity index (χ1) is 17.0. The molecule has 0 amide bonds. The van der Waals surface area contributed by atoms with Crippen LogP contribution in [0.15, 0.2) is 47.2 Å². The van der Waals surface area contributed by atoms with Crippen LogP contribution in [-0.4, -0.2) is 53.6 Å². The molecule has 192 valence electrons. The van der Waals surface area contributed by atoms with E-state index in [1.165, 1.54) is 18.4 Å². The zero-order chi connectivity index (χ0) is 24.1. The Morgan fingerprint density at radius 2 is 1.81 bits per heavy atom. The van der Waals surface area contributed by atoms with Crippen molar-refractivity contribution in [1.29, 1.82) is 0 Å². The van der Waals surface area contributed by atoms with E-state index in [2.05, 4.69) is 51.6 Å². The molecule has 0 bridgehead atoms. The summed E-state index contributed by atoms with van der Waals surface area (Å²) in [6.07, 6.45) is 7.28. The van der Waals surface area contributed by atoms with Gasteiger partial charge < -0.3 is 24.4 Å². The van der Waals surface area contributed by atoms with Crippen molar-refractivity contribution in [2.45, 2.75) is 49.7 Å². The molecule has 1 aromatic carbocycles. The van der Waals surface area contributed by atoms with Crippen molar-refractivity contribution < 1.29 is 19.1 Å². The molecule has 2 aromatic heterocycles. The van der Waals surface area contributed by atoms with Crippen molar-refractivity contribution in [2.75, 3.05) is 33.4 Å². The second kappa shape index (κ2) is 9.50. The van der Waals surface area contributed by atoms with Crippen LogP contribution in [0.5, 0.6) is 0 Å². The van der Waals surface area contributed by atoms with Gasteiger partial charge in [-0.2, -0.15) is 4.98 Å². The number of hydrogen-bond donors (Lipinski definition) is 2. The number of methoxy groups -OCH3 is 1. The predicted molar refractivity (Wildman–Crippen MR) is 136 cm³/mol. The Labute approximate surface area is 217 Å². The molecular formula is C27H33ClN4O4. The zero-order valence-corrected chi connectivity index (χ0v) is 21.5. The molecule has 3 aliphatic rings. The molecular weight excluding hydrogens is 480 g/mol. The fourth-order valence-electron chi connectivity index (χ4n) is 5.53. The summed E-state index contributed by atoms with van der Waals surface area (Å²) in [5.41, 5.74) is 1.39. The molecule has 2 N–H and O–H groups in total. The highest BCUT2D eigenvalue weighted by Crippen LogP contribution is 2.49. The molecule has 0 unspecified atom stereocenters. The Balaban J connectivity index is 0.00000267. The average molecular weight is 513 g/mol. The Morgan fingerprint density at radius 3 is 2.42 bits per heavy atom. The lowest BCUT2D eigenvalue weighted by molar-refractivity contribution is -0.101. The Hall–Kier alpha value is -2.36. The van der Waals surface area contributed by atoms with Crippen LogP contribution in [0, 0.1) is 5.41 Å². The quantitative estimate of drug-likeness (QED) is 0.491. The summed E-state index contributed by atoms with van der Waals surface area (Å²) in [5, 5.41) is 19.9. The number of halogens is 1. The maximum Gasteiger partial charge on any atom is 0.259 e. The molecule has 1 aliphatic carbocycles. The number of pyridine rings is 1. The third-order valence-corrected chi connectivity index (χ3v) is 8.21. The lowest BCUT2D eigenvalue weighted by atomic mass is 9.63. The van der Waals surface area contributed by atoms with E-state index in [9.17, 15) is 5.11 Å². The standard InChI is InChI=1S/C27H32N4O4.ClH/c1-25(16-29-17-25)27(32,21-7-5-19(6-8-21)18-3-4-18)22-13-20(14-28-15-22)23-30-24(31-35-23)26(33-2)9-11-34-12-10-26;/h5-8,13-15,18,29,32H,3-4,9-12,16-17H2,1-2H3;1H/t27-;/m0./s1. The molecule has 1 saturated carbocycles. The number of benzene rings is 1. The number of nitrogens with one attached hydrogen (secondary N) is 1. The molecule has 4 heterocycles. The van der Waals surface area contributed by atoms with Gasteiger partial charge in [0.15, 0.2) is 0 Å². The van der Waals surface area contributed by atoms with E-state index in [-0.39, 0.29) is 17.8 Å². The third kappa shape index (κ3) is 4.05.